The SMILES string of the molecule is C[AsH][C@@H]1CCN(c2nc(N)nc(C)c2F)C1. The Morgan fingerprint density at radius 3 is 2.88 bits per heavy atom. The summed E-state index contributed by atoms with van der Waals surface area (Å²) in [7, 11) is 0. The van der Waals surface area contributed by atoms with Crippen molar-refractivity contribution in [2.75, 3.05) is 23.7 Å². The number of rotatable bonds is 2. The predicted octanol–water partition coefficient (Wildman–Crippen LogP) is 0.990. The number of anilines is 2. The predicted molar refractivity (Wildman–Crippen MR) is 64.7 cm³/mol. The van der Waals surface area contributed by atoms with E-state index in [1.165, 1.54) is 0 Å². The molecule has 0 aromatic carbocycles. The van der Waals surface area contributed by atoms with Gasteiger partial charge in [0.1, 0.15) is 0 Å². The van der Waals surface area contributed by atoms with Crippen molar-refractivity contribution < 1.29 is 4.39 Å². The van der Waals surface area contributed by atoms with Crippen molar-refractivity contribution >= 4 is 27.5 Å². The molecule has 0 bridgehead atoms. The fourth-order valence-electron chi connectivity index (χ4n) is 1.96. The first-order valence-electron chi connectivity index (χ1n) is 5.33. The summed E-state index contributed by atoms with van der Waals surface area (Å²) in [5.41, 5.74) is 8.17. The summed E-state index contributed by atoms with van der Waals surface area (Å²) in [6.07, 6.45) is 1.15. The zero-order valence-electron chi connectivity index (χ0n) is 9.50. The molecule has 0 spiro atoms. The molecule has 0 amide bonds. The minimum absolute atomic E-state index is 0.0972. The number of aryl methyl sites for hydroxylation is 1. The summed E-state index contributed by atoms with van der Waals surface area (Å²) >= 11 is 0.0972. The molecular weight excluding hydrogens is 270 g/mol. The maximum atomic E-state index is 13.9. The number of hydrogen-bond acceptors (Lipinski definition) is 4. The zero-order chi connectivity index (χ0) is 11.7. The third-order valence-corrected chi connectivity index (χ3v) is 5.61. The molecule has 1 fully saturated rings. The molecule has 2 N–H and O–H groups in total. The summed E-state index contributed by atoms with van der Waals surface area (Å²) in [4.78, 5) is 9.83. The van der Waals surface area contributed by atoms with Crippen molar-refractivity contribution in [3.63, 3.8) is 0 Å². The van der Waals surface area contributed by atoms with E-state index >= 15 is 0 Å². The molecule has 2 heterocycles. The van der Waals surface area contributed by atoms with Gasteiger partial charge in [-0.3, -0.25) is 0 Å². The zero-order valence-corrected chi connectivity index (χ0v) is 11.6. The van der Waals surface area contributed by atoms with Gasteiger partial charge in [0.2, 0.25) is 0 Å². The van der Waals surface area contributed by atoms with Gasteiger partial charge in [-0.2, -0.15) is 0 Å². The van der Waals surface area contributed by atoms with Gasteiger partial charge in [-0.05, 0) is 0 Å². The molecule has 1 saturated heterocycles. The van der Waals surface area contributed by atoms with Crippen LogP contribution in [0.1, 0.15) is 12.1 Å². The summed E-state index contributed by atoms with van der Waals surface area (Å²) in [5.74, 6) is 0.211. The van der Waals surface area contributed by atoms with Gasteiger partial charge in [0.05, 0.1) is 0 Å². The van der Waals surface area contributed by atoms with Crippen molar-refractivity contribution in [2.45, 2.75) is 23.8 Å². The van der Waals surface area contributed by atoms with E-state index in [0.717, 1.165) is 24.2 Å². The van der Waals surface area contributed by atoms with Gasteiger partial charge in [0.15, 0.2) is 0 Å². The Morgan fingerprint density at radius 2 is 2.25 bits per heavy atom. The topological polar surface area (TPSA) is 55.0 Å². The Kier molecular flexibility index (Phi) is 3.33. The van der Waals surface area contributed by atoms with Crippen LogP contribution in [0, 0.1) is 12.7 Å². The first-order valence-corrected chi connectivity index (χ1v) is 8.64. The first-order chi connectivity index (χ1) is 7.61. The third-order valence-electron chi connectivity index (χ3n) is 2.91. The molecule has 6 heteroatoms. The number of nitrogens with zero attached hydrogens (tertiary/aromatic N) is 3. The van der Waals surface area contributed by atoms with Crippen LogP contribution in [0.4, 0.5) is 16.2 Å². The Labute approximate surface area is 101 Å². The van der Waals surface area contributed by atoms with Crippen LogP contribution in [0.3, 0.4) is 0 Å². The Morgan fingerprint density at radius 1 is 1.50 bits per heavy atom. The number of hydrogen-bond donors (Lipinski definition) is 1. The second-order valence-corrected chi connectivity index (χ2v) is 6.95. The van der Waals surface area contributed by atoms with Crippen molar-refractivity contribution in [3.05, 3.63) is 11.5 Å². The van der Waals surface area contributed by atoms with E-state index in [2.05, 4.69) is 15.7 Å². The van der Waals surface area contributed by atoms with E-state index in [1.54, 1.807) is 6.92 Å². The van der Waals surface area contributed by atoms with Crippen LogP contribution in [0.15, 0.2) is 0 Å². The third kappa shape index (κ3) is 2.14. The maximum absolute atomic E-state index is 13.9. The number of nitrogen functional groups attached to an aromatic ring is 1. The molecule has 88 valence electrons. The first kappa shape index (κ1) is 11.6. The number of halogens is 1. The van der Waals surface area contributed by atoms with E-state index in [0.29, 0.717) is 11.5 Å². The number of nitrogens with two attached hydrogens (primary N) is 1. The van der Waals surface area contributed by atoms with E-state index in [1.807, 2.05) is 4.90 Å². The molecule has 2 rings (SSSR count). The molecule has 1 unspecified atom stereocenters. The Balaban J connectivity index is 2.27. The van der Waals surface area contributed by atoms with Gasteiger partial charge in [0, 0.05) is 0 Å². The Bertz CT molecular complexity index is 399. The van der Waals surface area contributed by atoms with Crippen LogP contribution in [0.5, 0.6) is 0 Å². The van der Waals surface area contributed by atoms with E-state index in [-0.39, 0.29) is 27.5 Å². The summed E-state index contributed by atoms with van der Waals surface area (Å²) in [5, 5.41) is 0. The van der Waals surface area contributed by atoms with Crippen LogP contribution in [-0.2, 0) is 0 Å². The molecule has 0 aliphatic carbocycles. The monoisotopic (exact) mass is 286 g/mol. The quantitative estimate of drug-likeness (QED) is 0.824. The standard InChI is InChI=1S/C10H16AsFN4/c1-6-8(12)9(15-10(13)14-6)16-4-3-7(5-16)11-2/h7,11H,3-5H2,1-2H3,(H2,13,14,15)/t7-/m1/s1. The molecule has 0 saturated carbocycles. The summed E-state index contributed by atoms with van der Waals surface area (Å²) < 4.78 is 14.6. The fraction of sp³-hybridized carbons (Fsp3) is 0.600. The molecule has 1 aromatic rings. The fourth-order valence-corrected chi connectivity index (χ4v) is 3.69. The molecule has 0 radical (unpaired) electrons. The number of aromatic nitrogens is 2. The Hall–Kier alpha value is -0.832. The normalized spacial score (nSPS) is 21.2. The molecule has 2 atom stereocenters. The average molecular weight is 286 g/mol. The van der Waals surface area contributed by atoms with Gasteiger partial charge >= 0.3 is 101 Å². The van der Waals surface area contributed by atoms with Gasteiger partial charge < -0.3 is 0 Å². The second-order valence-electron chi connectivity index (χ2n) is 4.03. The molecule has 4 nitrogen and oxygen atoms in total. The van der Waals surface area contributed by atoms with Crippen LogP contribution in [0.2, 0.25) is 10.4 Å². The van der Waals surface area contributed by atoms with Crippen LogP contribution in [0.25, 0.3) is 0 Å². The molecule has 1 aliphatic rings. The second kappa shape index (κ2) is 4.58. The van der Waals surface area contributed by atoms with E-state index in [4.69, 9.17) is 5.73 Å². The van der Waals surface area contributed by atoms with Crippen molar-refractivity contribution in [1.29, 1.82) is 0 Å². The van der Waals surface area contributed by atoms with Crippen LogP contribution < -0.4 is 10.6 Å². The summed E-state index contributed by atoms with van der Waals surface area (Å²) in [6.45, 7) is 3.43. The molecule has 16 heavy (non-hydrogen) atoms. The van der Waals surface area contributed by atoms with E-state index < -0.39 is 0 Å². The molecule has 1 aromatic heterocycles. The van der Waals surface area contributed by atoms with Gasteiger partial charge in [-0.15, -0.1) is 0 Å². The van der Waals surface area contributed by atoms with Gasteiger partial charge in [-0.25, -0.2) is 0 Å². The molecular formula is C10H16AsFN4. The molecule has 1 aliphatic heterocycles. The van der Waals surface area contributed by atoms with Crippen molar-refractivity contribution in [1.82, 2.24) is 9.97 Å². The van der Waals surface area contributed by atoms with Crippen LogP contribution >= 0.6 is 0 Å². The van der Waals surface area contributed by atoms with E-state index in [9.17, 15) is 4.39 Å². The minimum atomic E-state index is -0.328. The van der Waals surface area contributed by atoms with Gasteiger partial charge in [0.25, 0.3) is 0 Å². The van der Waals surface area contributed by atoms with Gasteiger partial charge in [-0.1, -0.05) is 0 Å². The summed E-state index contributed by atoms with van der Waals surface area (Å²) in [6, 6.07) is 0. The average Bonchev–Trinajstić information content (AvgIpc) is 2.71. The van der Waals surface area contributed by atoms with Crippen LogP contribution in [-0.4, -0.2) is 38.8 Å². The van der Waals surface area contributed by atoms with Crippen molar-refractivity contribution in [2.24, 2.45) is 0 Å². The van der Waals surface area contributed by atoms with Crippen molar-refractivity contribution in [3.8, 4) is 0 Å².